The van der Waals surface area contributed by atoms with Gasteiger partial charge in [-0.1, -0.05) is 30.3 Å². The maximum atomic E-state index is 11.6. The van der Waals surface area contributed by atoms with Gasteiger partial charge in [-0.05, 0) is 51.9 Å². The van der Waals surface area contributed by atoms with Crippen molar-refractivity contribution in [2.75, 3.05) is 20.6 Å². The van der Waals surface area contributed by atoms with Crippen LogP contribution in [0.15, 0.2) is 30.3 Å². The lowest BCUT2D eigenvalue weighted by molar-refractivity contribution is -0.123. The van der Waals surface area contributed by atoms with Crippen LogP contribution in [0.2, 0.25) is 0 Å². The van der Waals surface area contributed by atoms with E-state index in [1.807, 2.05) is 44.4 Å². The third-order valence-electron chi connectivity index (χ3n) is 3.33. The van der Waals surface area contributed by atoms with Crippen LogP contribution in [-0.4, -0.2) is 37.0 Å². The van der Waals surface area contributed by atoms with Crippen LogP contribution in [0.25, 0.3) is 0 Å². The second-order valence-electron chi connectivity index (χ2n) is 5.44. The molecular weight excluding hydrogens is 238 g/mol. The van der Waals surface area contributed by atoms with Gasteiger partial charge in [-0.25, -0.2) is 0 Å². The first-order valence-electron chi connectivity index (χ1n) is 6.71. The van der Waals surface area contributed by atoms with Gasteiger partial charge in [0.25, 0.3) is 0 Å². The Morgan fingerprint density at radius 2 is 1.84 bits per heavy atom. The molecule has 0 radical (unpaired) electrons. The van der Waals surface area contributed by atoms with Crippen LogP contribution >= 0.6 is 0 Å². The van der Waals surface area contributed by atoms with Crippen LogP contribution in [0.4, 0.5) is 0 Å². The fraction of sp³-hybridized carbons (Fsp3) is 0.533. The molecule has 4 heteroatoms. The van der Waals surface area contributed by atoms with Crippen molar-refractivity contribution in [3.63, 3.8) is 0 Å². The highest BCUT2D eigenvalue weighted by molar-refractivity contribution is 5.84. The second kappa shape index (κ2) is 7.26. The first-order valence-corrected chi connectivity index (χ1v) is 6.71. The number of hydrogen-bond donors (Lipinski definition) is 2. The molecule has 4 N–H and O–H groups in total. The molecule has 1 unspecified atom stereocenters. The summed E-state index contributed by atoms with van der Waals surface area (Å²) in [6, 6.07) is 9.80. The average Bonchev–Trinajstić information content (AvgIpc) is 2.35. The Hall–Kier alpha value is -1.39. The highest BCUT2D eigenvalue weighted by atomic mass is 16.1. The zero-order valence-corrected chi connectivity index (χ0v) is 11.9. The van der Waals surface area contributed by atoms with Gasteiger partial charge >= 0.3 is 0 Å². The largest absolute Gasteiger partial charge is 0.368 e. The molecule has 0 aliphatic rings. The van der Waals surface area contributed by atoms with E-state index in [1.165, 1.54) is 0 Å². The highest BCUT2D eigenvalue weighted by Gasteiger charge is 2.31. The van der Waals surface area contributed by atoms with Crippen molar-refractivity contribution in [3.05, 3.63) is 35.9 Å². The molecule has 0 spiro atoms. The second-order valence-corrected chi connectivity index (χ2v) is 5.44. The van der Waals surface area contributed by atoms with Gasteiger partial charge in [-0.2, -0.15) is 0 Å². The van der Waals surface area contributed by atoms with Crippen LogP contribution in [0, 0.1) is 0 Å². The molecule has 0 aliphatic heterocycles. The molecule has 0 bridgehead atoms. The molecule has 0 aromatic heterocycles. The fourth-order valence-electron chi connectivity index (χ4n) is 2.13. The number of amides is 1. The number of rotatable bonds is 8. The Morgan fingerprint density at radius 1 is 1.21 bits per heavy atom. The van der Waals surface area contributed by atoms with Gasteiger partial charge in [0.05, 0.1) is 5.54 Å². The molecule has 0 saturated carbocycles. The summed E-state index contributed by atoms with van der Waals surface area (Å²) in [4.78, 5) is 13.8. The standard InChI is InChI=1S/C15H25N3O/c1-18(2)11-7-6-10-15(17,14(16)19)12-13-8-4-3-5-9-13/h3-5,8-9H,6-7,10-12,17H2,1-2H3,(H2,16,19). The summed E-state index contributed by atoms with van der Waals surface area (Å²) in [5.74, 6) is -0.416. The topological polar surface area (TPSA) is 72.3 Å². The van der Waals surface area contributed by atoms with Crippen molar-refractivity contribution >= 4 is 5.91 Å². The monoisotopic (exact) mass is 263 g/mol. The predicted octanol–water partition coefficient (Wildman–Crippen LogP) is 1.14. The molecule has 1 amide bonds. The minimum absolute atomic E-state index is 0.416. The van der Waals surface area contributed by atoms with E-state index in [1.54, 1.807) is 0 Å². The normalized spacial score (nSPS) is 14.3. The van der Waals surface area contributed by atoms with E-state index in [2.05, 4.69) is 4.90 Å². The Labute approximate surface area is 115 Å². The van der Waals surface area contributed by atoms with E-state index in [0.29, 0.717) is 12.8 Å². The van der Waals surface area contributed by atoms with E-state index < -0.39 is 11.4 Å². The molecule has 1 aromatic rings. The summed E-state index contributed by atoms with van der Waals surface area (Å²) in [6.45, 7) is 1.00. The van der Waals surface area contributed by atoms with Gasteiger partial charge in [-0.3, -0.25) is 4.79 Å². The van der Waals surface area contributed by atoms with Crippen molar-refractivity contribution < 1.29 is 4.79 Å². The van der Waals surface area contributed by atoms with Gasteiger partial charge < -0.3 is 16.4 Å². The number of carbonyl (C=O) groups is 1. The molecule has 0 fully saturated rings. The Morgan fingerprint density at radius 3 is 2.37 bits per heavy atom. The van der Waals surface area contributed by atoms with Crippen LogP contribution < -0.4 is 11.5 Å². The van der Waals surface area contributed by atoms with Crippen molar-refractivity contribution in [2.45, 2.75) is 31.2 Å². The van der Waals surface area contributed by atoms with Gasteiger partial charge in [0.2, 0.25) is 5.91 Å². The zero-order chi connectivity index (χ0) is 14.3. The SMILES string of the molecule is CN(C)CCCCC(N)(Cc1ccccc1)C(N)=O. The van der Waals surface area contributed by atoms with Crippen LogP contribution in [-0.2, 0) is 11.2 Å². The van der Waals surface area contributed by atoms with Gasteiger partial charge in [0.15, 0.2) is 0 Å². The van der Waals surface area contributed by atoms with E-state index in [9.17, 15) is 4.79 Å². The van der Waals surface area contributed by atoms with Crippen molar-refractivity contribution in [1.82, 2.24) is 4.90 Å². The van der Waals surface area contributed by atoms with Crippen molar-refractivity contribution in [2.24, 2.45) is 11.5 Å². The molecule has 4 nitrogen and oxygen atoms in total. The number of carbonyl (C=O) groups excluding carboxylic acids is 1. The third-order valence-corrected chi connectivity index (χ3v) is 3.33. The quantitative estimate of drug-likeness (QED) is 0.691. The summed E-state index contributed by atoms with van der Waals surface area (Å²) in [6.07, 6.45) is 3.06. The molecule has 0 heterocycles. The predicted molar refractivity (Wildman–Crippen MR) is 78.7 cm³/mol. The van der Waals surface area contributed by atoms with Crippen molar-refractivity contribution in [1.29, 1.82) is 0 Å². The molecule has 1 aromatic carbocycles. The maximum absolute atomic E-state index is 11.6. The molecule has 0 saturated heterocycles. The Bertz CT molecular complexity index is 392. The average molecular weight is 263 g/mol. The third kappa shape index (κ3) is 5.41. The van der Waals surface area contributed by atoms with E-state index in [4.69, 9.17) is 11.5 Å². The van der Waals surface area contributed by atoms with E-state index >= 15 is 0 Å². The van der Waals surface area contributed by atoms with Crippen LogP contribution in [0.1, 0.15) is 24.8 Å². The minimum atomic E-state index is -0.937. The van der Waals surface area contributed by atoms with E-state index in [-0.39, 0.29) is 0 Å². The Kier molecular flexibility index (Phi) is 5.99. The number of nitrogens with zero attached hydrogens (tertiary/aromatic N) is 1. The molecule has 106 valence electrons. The maximum Gasteiger partial charge on any atom is 0.237 e. The number of benzene rings is 1. The fourth-order valence-corrected chi connectivity index (χ4v) is 2.13. The minimum Gasteiger partial charge on any atom is -0.368 e. The van der Waals surface area contributed by atoms with Gasteiger partial charge in [0, 0.05) is 0 Å². The summed E-state index contributed by atoms with van der Waals surface area (Å²) < 4.78 is 0. The molecule has 0 aliphatic carbocycles. The van der Waals surface area contributed by atoms with Gasteiger partial charge in [0.1, 0.15) is 0 Å². The summed E-state index contributed by atoms with van der Waals surface area (Å²) >= 11 is 0. The lowest BCUT2D eigenvalue weighted by atomic mass is 9.86. The first-order chi connectivity index (χ1) is 8.94. The van der Waals surface area contributed by atoms with E-state index in [0.717, 1.165) is 24.9 Å². The van der Waals surface area contributed by atoms with Gasteiger partial charge in [-0.15, -0.1) is 0 Å². The smallest absolute Gasteiger partial charge is 0.237 e. The summed E-state index contributed by atoms with van der Waals surface area (Å²) in [5.41, 5.74) is 11.8. The number of unbranched alkanes of at least 4 members (excludes halogenated alkanes) is 1. The summed E-state index contributed by atoms with van der Waals surface area (Å²) in [5, 5.41) is 0. The zero-order valence-electron chi connectivity index (χ0n) is 11.9. The van der Waals surface area contributed by atoms with Crippen molar-refractivity contribution in [3.8, 4) is 0 Å². The first kappa shape index (κ1) is 15.7. The van der Waals surface area contributed by atoms with Crippen LogP contribution in [0.3, 0.4) is 0 Å². The molecule has 1 atom stereocenters. The molecule has 1 rings (SSSR count). The number of primary amides is 1. The van der Waals surface area contributed by atoms with Crippen LogP contribution in [0.5, 0.6) is 0 Å². The molecular formula is C15H25N3O. The lowest BCUT2D eigenvalue weighted by Crippen LogP contribution is -2.53. The lowest BCUT2D eigenvalue weighted by Gasteiger charge is -2.26. The molecule has 19 heavy (non-hydrogen) atoms. The Balaban J connectivity index is 2.57. The number of nitrogens with two attached hydrogens (primary N) is 2. The number of hydrogen-bond acceptors (Lipinski definition) is 3. The summed E-state index contributed by atoms with van der Waals surface area (Å²) in [7, 11) is 4.07. The highest BCUT2D eigenvalue weighted by Crippen LogP contribution is 2.17.